The van der Waals surface area contributed by atoms with Crippen molar-refractivity contribution < 1.29 is 14.3 Å². The number of fused-ring (bicyclic) bond motifs is 2. The minimum Gasteiger partial charge on any atom is -0.444 e. The van der Waals surface area contributed by atoms with Crippen molar-refractivity contribution in [1.29, 1.82) is 0 Å². The number of hydrogen-bond acceptors (Lipinski definition) is 4. The number of hydrogen-bond donors (Lipinski definition) is 0. The summed E-state index contributed by atoms with van der Waals surface area (Å²) in [5.41, 5.74) is -0.461. The van der Waals surface area contributed by atoms with Crippen LogP contribution in [0.1, 0.15) is 53.4 Å². The lowest BCUT2D eigenvalue weighted by Crippen LogP contribution is -2.51. The summed E-state index contributed by atoms with van der Waals surface area (Å²) in [4.78, 5) is 25.5. The molecule has 108 valence electrons. The Hall–Kier alpha value is -0.710. The summed E-state index contributed by atoms with van der Waals surface area (Å²) in [7, 11) is 0. The molecule has 2 bridgehead atoms. The van der Waals surface area contributed by atoms with Gasteiger partial charge in [-0.3, -0.25) is 4.79 Å². The Bertz CT molecular complexity index is 377. The van der Waals surface area contributed by atoms with Crippen LogP contribution >= 0.6 is 11.8 Å². The van der Waals surface area contributed by atoms with E-state index >= 15 is 0 Å². The molecule has 3 unspecified atom stereocenters. The predicted octanol–water partition coefficient (Wildman–Crippen LogP) is 3.20. The maximum absolute atomic E-state index is 12.3. The normalized spacial score (nSPS) is 30.3. The van der Waals surface area contributed by atoms with Crippen molar-refractivity contribution in [3.63, 3.8) is 0 Å². The third-order valence-electron chi connectivity index (χ3n) is 3.68. The van der Waals surface area contributed by atoms with Crippen molar-refractivity contribution in [2.45, 2.75) is 76.3 Å². The van der Waals surface area contributed by atoms with Crippen LogP contribution in [0.2, 0.25) is 0 Å². The second-order valence-corrected chi connectivity index (χ2v) is 7.83. The maximum atomic E-state index is 12.3. The van der Waals surface area contributed by atoms with Crippen LogP contribution in [0.25, 0.3) is 0 Å². The Morgan fingerprint density at radius 2 is 1.79 bits per heavy atom. The van der Waals surface area contributed by atoms with Crippen molar-refractivity contribution in [2.24, 2.45) is 0 Å². The monoisotopic (exact) mass is 285 g/mol. The highest BCUT2D eigenvalue weighted by atomic mass is 32.2. The number of rotatable bonds is 1. The van der Waals surface area contributed by atoms with Gasteiger partial charge in [0, 0.05) is 24.3 Å². The first kappa shape index (κ1) is 14.7. The fourth-order valence-corrected chi connectivity index (χ4v) is 4.16. The van der Waals surface area contributed by atoms with Gasteiger partial charge in [0.2, 0.25) is 0 Å². The van der Waals surface area contributed by atoms with Gasteiger partial charge >= 0.3 is 6.09 Å². The van der Waals surface area contributed by atoms with Crippen molar-refractivity contribution in [3.05, 3.63) is 0 Å². The van der Waals surface area contributed by atoms with Gasteiger partial charge in [0.05, 0.1) is 0 Å². The van der Waals surface area contributed by atoms with Crippen LogP contribution in [-0.4, -0.2) is 39.0 Å². The number of piperidine rings is 1. The van der Waals surface area contributed by atoms with Crippen molar-refractivity contribution in [1.82, 2.24) is 4.90 Å². The number of carbonyl (C=O) groups excluding carboxylic acids is 2. The lowest BCUT2D eigenvalue weighted by Gasteiger charge is -2.39. The SMILES string of the molecule is CC(=O)SC1CCC2CCC1N2C(=O)OC(C)(C)C. The molecule has 2 rings (SSSR count). The largest absolute Gasteiger partial charge is 0.444 e. The van der Waals surface area contributed by atoms with Crippen LogP contribution in [0.15, 0.2) is 0 Å². The van der Waals surface area contributed by atoms with E-state index in [1.165, 1.54) is 11.8 Å². The molecule has 0 N–H and O–H groups in total. The summed E-state index contributed by atoms with van der Waals surface area (Å²) in [6, 6.07) is 0.478. The summed E-state index contributed by atoms with van der Waals surface area (Å²) in [6.45, 7) is 7.26. The third-order valence-corrected chi connectivity index (χ3v) is 4.87. The zero-order valence-electron chi connectivity index (χ0n) is 12.1. The van der Waals surface area contributed by atoms with Gasteiger partial charge in [0.15, 0.2) is 5.12 Å². The average molecular weight is 285 g/mol. The molecule has 2 fully saturated rings. The second kappa shape index (κ2) is 5.35. The van der Waals surface area contributed by atoms with Gasteiger partial charge in [-0.1, -0.05) is 11.8 Å². The molecule has 0 aliphatic carbocycles. The highest BCUT2D eigenvalue weighted by Gasteiger charge is 2.46. The first-order valence-electron chi connectivity index (χ1n) is 6.96. The first-order valence-corrected chi connectivity index (χ1v) is 7.84. The van der Waals surface area contributed by atoms with Crippen LogP contribution in [0.5, 0.6) is 0 Å². The average Bonchev–Trinajstić information content (AvgIpc) is 2.56. The lowest BCUT2D eigenvalue weighted by molar-refractivity contribution is -0.109. The minimum atomic E-state index is -0.461. The van der Waals surface area contributed by atoms with E-state index in [2.05, 4.69) is 0 Å². The van der Waals surface area contributed by atoms with Gasteiger partial charge in [0.25, 0.3) is 0 Å². The molecule has 4 nitrogen and oxygen atoms in total. The molecule has 19 heavy (non-hydrogen) atoms. The topological polar surface area (TPSA) is 46.6 Å². The van der Waals surface area contributed by atoms with Gasteiger partial charge in [-0.15, -0.1) is 0 Å². The van der Waals surface area contributed by atoms with Crippen molar-refractivity contribution in [3.8, 4) is 0 Å². The summed E-state index contributed by atoms with van der Waals surface area (Å²) in [6.07, 6.45) is 3.83. The minimum absolute atomic E-state index is 0.138. The van der Waals surface area contributed by atoms with E-state index in [9.17, 15) is 9.59 Å². The molecule has 2 heterocycles. The van der Waals surface area contributed by atoms with E-state index in [-0.39, 0.29) is 22.5 Å². The Morgan fingerprint density at radius 3 is 2.37 bits per heavy atom. The number of amides is 1. The molecule has 0 aromatic rings. The molecule has 2 aliphatic rings. The summed E-state index contributed by atoms with van der Waals surface area (Å²) in [5, 5.41) is 0.378. The highest BCUT2D eigenvalue weighted by molar-refractivity contribution is 8.14. The number of nitrogens with zero attached hydrogens (tertiary/aromatic N) is 1. The fraction of sp³-hybridized carbons (Fsp3) is 0.857. The molecule has 3 atom stereocenters. The van der Waals surface area contributed by atoms with E-state index in [0.717, 1.165) is 25.7 Å². The summed E-state index contributed by atoms with van der Waals surface area (Å²) >= 11 is 1.39. The van der Waals surface area contributed by atoms with E-state index in [1.807, 2.05) is 25.7 Å². The first-order chi connectivity index (χ1) is 8.78. The van der Waals surface area contributed by atoms with Gasteiger partial charge < -0.3 is 9.64 Å². The number of ether oxygens (including phenoxy) is 1. The van der Waals surface area contributed by atoms with Gasteiger partial charge in [-0.05, 0) is 46.5 Å². The lowest BCUT2D eigenvalue weighted by atomic mass is 10.0. The Kier molecular flexibility index (Phi) is 4.14. The third kappa shape index (κ3) is 3.44. The molecule has 0 aromatic carbocycles. The maximum Gasteiger partial charge on any atom is 0.410 e. The molecule has 5 heteroatoms. The molecule has 0 radical (unpaired) electrons. The summed E-state index contributed by atoms with van der Waals surface area (Å²) in [5.74, 6) is 0. The predicted molar refractivity (Wildman–Crippen MR) is 76.2 cm³/mol. The molecule has 0 saturated carbocycles. The van der Waals surface area contributed by atoms with Crippen LogP contribution in [-0.2, 0) is 9.53 Å². The molecule has 2 saturated heterocycles. The van der Waals surface area contributed by atoms with E-state index in [4.69, 9.17) is 4.74 Å². The highest BCUT2D eigenvalue weighted by Crippen LogP contribution is 2.41. The van der Waals surface area contributed by atoms with Crippen molar-refractivity contribution in [2.75, 3.05) is 0 Å². The van der Waals surface area contributed by atoms with Gasteiger partial charge in [-0.2, -0.15) is 0 Å². The quantitative estimate of drug-likeness (QED) is 0.742. The Morgan fingerprint density at radius 1 is 1.16 bits per heavy atom. The van der Waals surface area contributed by atoms with Gasteiger partial charge in [0.1, 0.15) is 5.60 Å². The van der Waals surface area contributed by atoms with E-state index < -0.39 is 5.60 Å². The molecule has 0 spiro atoms. The smallest absolute Gasteiger partial charge is 0.410 e. The van der Waals surface area contributed by atoms with Crippen LogP contribution in [0, 0.1) is 0 Å². The molecular formula is C14H23NO3S. The Balaban J connectivity index is 2.08. The number of thioether (sulfide) groups is 1. The zero-order chi connectivity index (χ0) is 14.2. The zero-order valence-corrected chi connectivity index (χ0v) is 13.0. The molecule has 1 amide bonds. The fourth-order valence-electron chi connectivity index (χ4n) is 3.06. The van der Waals surface area contributed by atoms with E-state index in [1.54, 1.807) is 6.92 Å². The molecule has 0 aromatic heterocycles. The van der Waals surface area contributed by atoms with E-state index in [0.29, 0.717) is 6.04 Å². The summed E-state index contributed by atoms with van der Waals surface area (Å²) < 4.78 is 5.50. The standard InChI is InChI=1S/C14H23NO3S/c1-9(16)19-12-8-6-10-5-7-11(12)15(10)13(17)18-14(2,3)4/h10-12H,5-8H2,1-4H3. The van der Waals surface area contributed by atoms with Crippen LogP contribution < -0.4 is 0 Å². The van der Waals surface area contributed by atoms with Gasteiger partial charge in [-0.25, -0.2) is 4.79 Å². The Labute approximate surface area is 119 Å². The van der Waals surface area contributed by atoms with Crippen molar-refractivity contribution >= 4 is 23.0 Å². The second-order valence-electron chi connectivity index (χ2n) is 6.41. The van der Waals surface area contributed by atoms with Crippen LogP contribution in [0.3, 0.4) is 0 Å². The molecule has 2 aliphatic heterocycles. The number of carbonyl (C=O) groups is 2. The van der Waals surface area contributed by atoms with Crippen LogP contribution in [0.4, 0.5) is 4.79 Å². The molecular weight excluding hydrogens is 262 g/mol.